The lowest BCUT2D eigenvalue weighted by atomic mass is 10.0. The SMILES string of the molecule is CCNCc1ccc(-c2ccc(F)cc2Cl)c(F)c1. The van der Waals surface area contributed by atoms with Gasteiger partial charge in [-0.15, -0.1) is 0 Å². The second kappa shape index (κ2) is 6.13. The van der Waals surface area contributed by atoms with Crippen molar-refractivity contribution in [1.29, 1.82) is 0 Å². The molecule has 19 heavy (non-hydrogen) atoms. The Morgan fingerprint density at radius 1 is 1.05 bits per heavy atom. The molecule has 0 heterocycles. The van der Waals surface area contributed by atoms with E-state index in [0.717, 1.165) is 12.1 Å². The molecule has 4 heteroatoms. The van der Waals surface area contributed by atoms with Crippen LogP contribution in [-0.4, -0.2) is 6.54 Å². The second-order valence-electron chi connectivity index (χ2n) is 4.22. The first-order valence-electron chi connectivity index (χ1n) is 6.06. The molecule has 0 fully saturated rings. The summed E-state index contributed by atoms with van der Waals surface area (Å²) in [7, 11) is 0. The van der Waals surface area contributed by atoms with Gasteiger partial charge in [0.2, 0.25) is 0 Å². The molecule has 2 aromatic carbocycles. The Morgan fingerprint density at radius 2 is 1.79 bits per heavy atom. The summed E-state index contributed by atoms with van der Waals surface area (Å²) in [6.45, 7) is 3.43. The van der Waals surface area contributed by atoms with Crippen molar-refractivity contribution in [2.45, 2.75) is 13.5 Å². The fraction of sp³-hybridized carbons (Fsp3) is 0.200. The Labute approximate surface area is 116 Å². The normalized spacial score (nSPS) is 10.7. The van der Waals surface area contributed by atoms with Crippen molar-refractivity contribution < 1.29 is 8.78 Å². The standard InChI is InChI=1S/C15H14ClF2N/c1-2-19-9-10-3-5-13(15(18)7-10)12-6-4-11(17)8-14(12)16/h3-8,19H,2,9H2,1H3. The Kier molecular flexibility index (Phi) is 4.51. The summed E-state index contributed by atoms with van der Waals surface area (Å²) in [6.07, 6.45) is 0. The van der Waals surface area contributed by atoms with E-state index in [4.69, 9.17) is 11.6 Å². The molecular weight excluding hydrogens is 268 g/mol. The topological polar surface area (TPSA) is 12.0 Å². The van der Waals surface area contributed by atoms with Gasteiger partial charge in [0, 0.05) is 17.7 Å². The lowest BCUT2D eigenvalue weighted by Crippen LogP contribution is -2.11. The van der Waals surface area contributed by atoms with Gasteiger partial charge < -0.3 is 5.32 Å². The molecular formula is C15H14ClF2N. The maximum absolute atomic E-state index is 14.1. The van der Waals surface area contributed by atoms with Gasteiger partial charge in [0.15, 0.2) is 0 Å². The zero-order chi connectivity index (χ0) is 13.8. The minimum Gasteiger partial charge on any atom is -0.313 e. The zero-order valence-electron chi connectivity index (χ0n) is 10.5. The molecule has 0 aromatic heterocycles. The van der Waals surface area contributed by atoms with E-state index in [2.05, 4.69) is 5.32 Å². The van der Waals surface area contributed by atoms with Crippen LogP contribution in [0.2, 0.25) is 5.02 Å². The van der Waals surface area contributed by atoms with Crippen LogP contribution in [0.5, 0.6) is 0 Å². The second-order valence-corrected chi connectivity index (χ2v) is 4.63. The molecule has 0 saturated heterocycles. The van der Waals surface area contributed by atoms with Crippen LogP contribution in [0, 0.1) is 11.6 Å². The highest BCUT2D eigenvalue weighted by molar-refractivity contribution is 6.33. The smallest absolute Gasteiger partial charge is 0.131 e. The summed E-state index contributed by atoms with van der Waals surface area (Å²) in [5.41, 5.74) is 1.74. The molecule has 0 saturated carbocycles. The third kappa shape index (κ3) is 3.31. The van der Waals surface area contributed by atoms with E-state index in [1.165, 1.54) is 24.3 Å². The molecule has 0 atom stereocenters. The van der Waals surface area contributed by atoms with Gasteiger partial charge >= 0.3 is 0 Å². The maximum Gasteiger partial charge on any atom is 0.131 e. The lowest BCUT2D eigenvalue weighted by Gasteiger charge is -2.08. The van der Waals surface area contributed by atoms with Gasteiger partial charge in [0.25, 0.3) is 0 Å². The molecule has 1 nitrogen and oxygen atoms in total. The van der Waals surface area contributed by atoms with Crippen LogP contribution in [-0.2, 0) is 6.54 Å². The number of rotatable bonds is 4. The number of hydrogen-bond donors (Lipinski definition) is 1. The highest BCUT2D eigenvalue weighted by atomic mass is 35.5. The van der Waals surface area contributed by atoms with E-state index >= 15 is 0 Å². The molecule has 2 rings (SSSR count). The average Bonchev–Trinajstić information content (AvgIpc) is 2.37. The third-order valence-electron chi connectivity index (χ3n) is 2.83. The van der Waals surface area contributed by atoms with Gasteiger partial charge in [0.1, 0.15) is 11.6 Å². The predicted octanol–water partition coefficient (Wildman–Crippen LogP) is 4.39. The number of hydrogen-bond acceptors (Lipinski definition) is 1. The number of benzene rings is 2. The van der Waals surface area contributed by atoms with E-state index in [1.807, 2.05) is 13.0 Å². The van der Waals surface area contributed by atoms with Gasteiger partial charge in [-0.1, -0.05) is 30.7 Å². The first-order valence-corrected chi connectivity index (χ1v) is 6.44. The van der Waals surface area contributed by atoms with E-state index in [1.54, 1.807) is 6.07 Å². The number of nitrogens with one attached hydrogen (secondary N) is 1. The van der Waals surface area contributed by atoms with Crippen LogP contribution in [0.1, 0.15) is 12.5 Å². The summed E-state index contributed by atoms with van der Waals surface area (Å²) < 4.78 is 27.0. The molecule has 0 amide bonds. The van der Waals surface area contributed by atoms with Crippen molar-refractivity contribution in [1.82, 2.24) is 5.32 Å². The first-order chi connectivity index (χ1) is 9.11. The van der Waals surface area contributed by atoms with Gasteiger partial charge in [-0.3, -0.25) is 0 Å². The Bertz CT molecular complexity index is 584. The Balaban J connectivity index is 2.35. The van der Waals surface area contributed by atoms with Crippen molar-refractivity contribution in [3.63, 3.8) is 0 Å². The van der Waals surface area contributed by atoms with Crippen LogP contribution in [0.25, 0.3) is 11.1 Å². The van der Waals surface area contributed by atoms with Crippen LogP contribution in [0.3, 0.4) is 0 Å². The van der Waals surface area contributed by atoms with Crippen LogP contribution < -0.4 is 5.32 Å². The molecule has 100 valence electrons. The van der Waals surface area contributed by atoms with Gasteiger partial charge in [-0.2, -0.15) is 0 Å². The molecule has 0 aliphatic carbocycles. The summed E-state index contributed by atoms with van der Waals surface area (Å²) in [5.74, 6) is -0.790. The molecule has 0 bridgehead atoms. The number of halogens is 3. The fourth-order valence-corrected chi connectivity index (χ4v) is 2.13. The van der Waals surface area contributed by atoms with E-state index in [9.17, 15) is 8.78 Å². The van der Waals surface area contributed by atoms with Crippen molar-refractivity contribution in [3.8, 4) is 11.1 Å². The largest absolute Gasteiger partial charge is 0.313 e. The minimum absolute atomic E-state index is 0.207. The Hall–Kier alpha value is -1.45. The highest BCUT2D eigenvalue weighted by Gasteiger charge is 2.10. The molecule has 0 aliphatic rings. The van der Waals surface area contributed by atoms with Crippen molar-refractivity contribution >= 4 is 11.6 Å². The highest BCUT2D eigenvalue weighted by Crippen LogP contribution is 2.30. The van der Waals surface area contributed by atoms with E-state index in [-0.39, 0.29) is 10.8 Å². The summed E-state index contributed by atoms with van der Waals surface area (Å²) in [4.78, 5) is 0. The molecule has 0 spiro atoms. The first kappa shape index (κ1) is 14.0. The van der Waals surface area contributed by atoms with Crippen molar-refractivity contribution in [2.75, 3.05) is 6.54 Å². The Morgan fingerprint density at radius 3 is 2.42 bits per heavy atom. The van der Waals surface area contributed by atoms with Gasteiger partial charge in [-0.25, -0.2) is 8.78 Å². The molecule has 2 aromatic rings. The lowest BCUT2D eigenvalue weighted by molar-refractivity contribution is 0.623. The van der Waals surface area contributed by atoms with Gasteiger partial charge in [0.05, 0.1) is 5.02 Å². The summed E-state index contributed by atoms with van der Waals surface area (Å²) >= 11 is 5.94. The molecule has 0 aliphatic heterocycles. The average molecular weight is 282 g/mol. The zero-order valence-corrected chi connectivity index (χ0v) is 11.3. The predicted molar refractivity (Wildman–Crippen MR) is 74.2 cm³/mol. The van der Waals surface area contributed by atoms with Crippen molar-refractivity contribution in [3.05, 3.63) is 58.6 Å². The monoisotopic (exact) mass is 281 g/mol. The van der Waals surface area contributed by atoms with Crippen molar-refractivity contribution in [2.24, 2.45) is 0 Å². The summed E-state index contributed by atoms with van der Waals surface area (Å²) in [6, 6.07) is 8.91. The van der Waals surface area contributed by atoms with Crippen LogP contribution in [0.15, 0.2) is 36.4 Å². The quantitative estimate of drug-likeness (QED) is 0.876. The fourth-order valence-electron chi connectivity index (χ4n) is 1.86. The third-order valence-corrected chi connectivity index (χ3v) is 3.15. The maximum atomic E-state index is 14.1. The van der Waals surface area contributed by atoms with Crippen LogP contribution in [0.4, 0.5) is 8.78 Å². The van der Waals surface area contributed by atoms with E-state index in [0.29, 0.717) is 17.7 Å². The summed E-state index contributed by atoms with van der Waals surface area (Å²) in [5, 5.41) is 3.33. The molecule has 1 N–H and O–H groups in total. The molecule has 0 unspecified atom stereocenters. The minimum atomic E-state index is -0.432. The van der Waals surface area contributed by atoms with E-state index < -0.39 is 5.82 Å². The van der Waals surface area contributed by atoms with Crippen LogP contribution >= 0.6 is 11.6 Å². The van der Waals surface area contributed by atoms with Gasteiger partial charge in [-0.05, 0) is 36.4 Å². The molecule has 0 radical (unpaired) electrons.